The number of hydrogen-bond donors (Lipinski definition) is 1. The minimum atomic E-state index is -0.818. The smallest absolute Gasteiger partial charge is 0.295 e. The summed E-state index contributed by atoms with van der Waals surface area (Å²) in [6.45, 7) is 8.27. The third-order valence-corrected chi connectivity index (χ3v) is 7.86. The van der Waals surface area contributed by atoms with E-state index in [4.69, 9.17) is 18.9 Å². The molecule has 0 saturated carbocycles. The van der Waals surface area contributed by atoms with Crippen molar-refractivity contribution in [3.05, 3.63) is 89.0 Å². The van der Waals surface area contributed by atoms with Crippen LogP contribution in [0, 0.1) is 0 Å². The molecule has 1 atom stereocenters. The lowest BCUT2D eigenvalue weighted by Crippen LogP contribution is -2.33. The Labute approximate surface area is 252 Å². The second-order valence-electron chi connectivity index (χ2n) is 10.4. The molecule has 9 heteroatoms. The number of fused-ring (bicyclic) bond motifs is 1. The van der Waals surface area contributed by atoms with Crippen LogP contribution >= 0.6 is 0 Å². The van der Waals surface area contributed by atoms with Crippen molar-refractivity contribution < 1.29 is 33.6 Å². The van der Waals surface area contributed by atoms with Gasteiger partial charge in [-0.25, -0.2) is 0 Å². The van der Waals surface area contributed by atoms with E-state index < -0.39 is 17.7 Å². The van der Waals surface area contributed by atoms with Crippen LogP contribution in [0.1, 0.15) is 43.0 Å². The first-order valence-corrected chi connectivity index (χ1v) is 14.7. The molecule has 1 amide bonds. The van der Waals surface area contributed by atoms with Gasteiger partial charge in [0, 0.05) is 12.1 Å². The normalized spacial score (nSPS) is 17.4. The Morgan fingerprint density at radius 3 is 2.42 bits per heavy atom. The van der Waals surface area contributed by atoms with Crippen molar-refractivity contribution >= 4 is 17.4 Å². The van der Waals surface area contributed by atoms with E-state index in [-0.39, 0.29) is 11.3 Å². The number of hydrogen-bond acceptors (Lipinski definition) is 8. The maximum atomic E-state index is 13.6. The first kappa shape index (κ1) is 30.0. The molecule has 5 rings (SSSR count). The number of rotatable bonds is 12. The van der Waals surface area contributed by atoms with Gasteiger partial charge < -0.3 is 33.9 Å². The summed E-state index contributed by atoms with van der Waals surface area (Å²) in [6.07, 6.45) is 0.671. The van der Waals surface area contributed by atoms with Crippen LogP contribution in [0.5, 0.6) is 23.0 Å². The predicted molar refractivity (Wildman–Crippen MR) is 163 cm³/mol. The topological polar surface area (TPSA) is 97.8 Å². The number of aliphatic hydroxyl groups excluding tert-OH is 1. The van der Waals surface area contributed by atoms with Crippen molar-refractivity contribution in [2.45, 2.75) is 32.9 Å². The molecule has 0 aromatic heterocycles. The number of benzene rings is 3. The summed E-state index contributed by atoms with van der Waals surface area (Å²) >= 11 is 0. The molecule has 2 aliphatic heterocycles. The quantitative estimate of drug-likeness (QED) is 0.176. The summed E-state index contributed by atoms with van der Waals surface area (Å²) in [4.78, 5) is 30.9. The van der Waals surface area contributed by atoms with E-state index in [1.54, 1.807) is 42.3 Å². The molecule has 0 unspecified atom stereocenters. The van der Waals surface area contributed by atoms with Gasteiger partial charge in [0.05, 0.1) is 18.7 Å². The van der Waals surface area contributed by atoms with Crippen LogP contribution in [0.4, 0.5) is 0 Å². The molecule has 226 valence electrons. The van der Waals surface area contributed by atoms with Crippen LogP contribution < -0.4 is 18.9 Å². The zero-order chi connectivity index (χ0) is 30.3. The maximum Gasteiger partial charge on any atom is 0.295 e. The van der Waals surface area contributed by atoms with Gasteiger partial charge in [-0.2, -0.15) is 0 Å². The van der Waals surface area contributed by atoms with E-state index in [0.717, 1.165) is 25.2 Å². The molecule has 0 bridgehead atoms. The second-order valence-corrected chi connectivity index (χ2v) is 10.4. The highest BCUT2D eigenvalue weighted by Crippen LogP contribution is 2.43. The molecule has 1 saturated heterocycles. The summed E-state index contributed by atoms with van der Waals surface area (Å²) in [6, 6.07) is 19.3. The molecule has 1 N–H and O–H groups in total. The van der Waals surface area contributed by atoms with Crippen LogP contribution in [0.15, 0.2) is 72.3 Å². The van der Waals surface area contributed by atoms with E-state index in [0.29, 0.717) is 66.9 Å². The fraction of sp³-hybridized carbons (Fsp3) is 0.353. The number of aliphatic hydroxyl groups is 1. The number of ketones is 1. The monoisotopic (exact) mass is 586 g/mol. The highest BCUT2D eigenvalue weighted by Gasteiger charge is 2.46. The zero-order valence-electron chi connectivity index (χ0n) is 24.9. The largest absolute Gasteiger partial charge is 0.507 e. The Hall–Kier alpha value is -4.50. The molecule has 3 aromatic carbocycles. The Morgan fingerprint density at radius 2 is 1.70 bits per heavy atom. The summed E-state index contributed by atoms with van der Waals surface area (Å²) in [5.41, 5.74) is 2.02. The standard InChI is InChI=1S/C34H38N2O7/c1-4-35(5-2)16-9-17-36-31(24-12-14-26(28(20-24)40-3)43-22-23-10-7-6-8-11-23)30(33(38)34(36)39)32(37)25-13-15-27-29(21-25)42-19-18-41-27/h6-8,10-15,20-21,31,37H,4-5,9,16-19,22H2,1-3H3/b32-30+/t31-/m1/s1. The average molecular weight is 587 g/mol. The van der Waals surface area contributed by atoms with Gasteiger partial charge in [0.1, 0.15) is 25.6 Å². The van der Waals surface area contributed by atoms with E-state index in [1.807, 2.05) is 36.4 Å². The highest BCUT2D eigenvalue weighted by molar-refractivity contribution is 6.46. The number of nitrogens with zero attached hydrogens (tertiary/aromatic N) is 2. The van der Waals surface area contributed by atoms with Gasteiger partial charge in [0.25, 0.3) is 11.7 Å². The molecule has 1 fully saturated rings. The van der Waals surface area contributed by atoms with E-state index in [9.17, 15) is 14.7 Å². The van der Waals surface area contributed by atoms with Gasteiger partial charge in [0.2, 0.25) is 0 Å². The first-order valence-electron chi connectivity index (χ1n) is 14.7. The molecule has 3 aromatic rings. The fourth-order valence-electron chi connectivity index (χ4n) is 5.52. The molecule has 0 spiro atoms. The van der Waals surface area contributed by atoms with Crippen LogP contribution in [0.25, 0.3) is 5.76 Å². The second kappa shape index (κ2) is 13.6. The summed E-state index contributed by atoms with van der Waals surface area (Å²) in [5.74, 6) is 0.376. The van der Waals surface area contributed by atoms with E-state index >= 15 is 0 Å². The zero-order valence-corrected chi connectivity index (χ0v) is 24.9. The molecular formula is C34H38N2O7. The summed E-state index contributed by atoms with van der Waals surface area (Å²) < 4.78 is 23.0. The van der Waals surface area contributed by atoms with Crippen molar-refractivity contribution in [2.24, 2.45) is 0 Å². The molecule has 2 heterocycles. The maximum absolute atomic E-state index is 13.6. The van der Waals surface area contributed by atoms with Crippen molar-refractivity contribution in [1.29, 1.82) is 0 Å². The molecular weight excluding hydrogens is 548 g/mol. The van der Waals surface area contributed by atoms with Crippen LogP contribution in [0.2, 0.25) is 0 Å². The molecule has 0 radical (unpaired) electrons. The van der Waals surface area contributed by atoms with Crippen molar-refractivity contribution in [2.75, 3.05) is 46.5 Å². The Bertz CT molecular complexity index is 1480. The van der Waals surface area contributed by atoms with E-state index in [1.165, 1.54) is 0 Å². The molecule has 9 nitrogen and oxygen atoms in total. The number of carbonyl (C=O) groups excluding carboxylic acids is 2. The third-order valence-electron chi connectivity index (χ3n) is 7.86. The fourth-order valence-corrected chi connectivity index (χ4v) is 5.52. The number of methoxy groups -OCH3 is 1. The minimum absolute atomic E-state index is 0.0181. The third kappa shape index (κ3) is 6.46. The summed E-state index contributed by atoms with van der Waals surface area (Å²) in [7, 11) is 1.55. The first-order chi connectivity index (χ1) is 20.9. The summed E-state index contributed by atoms with van der Waals surface area (Å²) in [5, 5.41) is 11.6. The highest BCUT2D eigenvalue weighted by atomic mass is 16.6. The SMILES string of the molecule is CCN(CC)CCCN1C(=O)C(=O)/C(=C(/O)c2ccc3c(c2)OCCO3)[C@H]1c1ccc(OCc2ccccc2)c(OC)c1. The lowest BCUT2D eigenvalue weighted by Gasteiger charge is -2.27. The van der Waals surface area contributed by atoms with Gasteiger partial charge in [-0.05, 0) is 67.5 Å². The Balaban J connectivity index is 1.52. The molecule has 0 aliphatic carbocycles. The van der Waals surface area contributed by atoms with Crippen LogP contribution in [-0.4, -0.2) is 73.1 Å². The van der Waals surface area contributed by atoms with Gasteiger partial charge in [-0.3, -0.25) is 9.59 Å². The number of likely N-dealkylation sites (tertiary alicyclic amines) is 1. The van der Waals surface area contributed by atoms with Crippen molar-refractivity contribution in [1.82, 2.24) is 9.80 Å². The van der Waals surface area contributed by atoms with Crippen molar-refractivity contribution in [3.8, 4) is 23.0 Å². The number of amides is 1. The Morgan fingerprint density at radius 1 is 0.953 bits per heavy atom. The van der Waals surface area contributed by atoms with Gasteiger partial charge in [-0.15, -0.1) is 0 Å². The lowest BCUT2D eigenvalue weighted by molar-refractivity contribution is -0.140. The molecule has 2 aliphatic rings. The number of carbonyl (C=O) groups is 2. The van der Waals surface area contributed by atoms with Gasteiger partial charge >= 0.3 is 0 Å². The lowest BCUT2D eigenvalue weighted by atomic mass is 9.94. The number of Topliss-reactive ketones (excluding diaryl/α,β-unsaturated/α-hetero) is 1. The van der Waals surface area contributed by atoms with Crippen molar-refractivity contribution in [3.63, 3.8) is 0 Å². The molecule has 43 heavy (non-hydrogen) atoms. The van der Waals surface area contributed by atoms with Crippen LogP contribution in [-0.2, 0) is 16.2 Å². The predicted octanol–water partition coefficient (Wildman–Crippen LogP) is 5.20. The van der Waals surface area contributed by atoms with Crippen LogP contribution in [0.3, 0.4) is 0 Å². The average Bonchev–Trinajstić information content (AvgIpc) is 3.30. The van der Waals surface area contributed by atoms with Gasteiger partial charge in [0.15, 0.2) is 23.0 Å². The Kier molecular flexibility index (Phi) is 9.51. The van der Waals surface area contributed by atoms with E-state index in [2.05, 4.69) is 18.7 Å². The van der Waals surface area contributed by atoms with Gasteiger partial charge in [-0.1, -0.05) is 50.2 Å². The minimum Gasteiger partial charge on any atom is -0.507 e. The number of ether oxygens (including phenoxy) is 4.